The molecule has 0 amide bonds. The van der Waals surface area contributed by atoms with Crippen molar-refractivity contribution in [1.82, 2.24) is 10.2 Å². The van der Waals surface area contributed by atoms with E-state index in [0.29, 0.717) is 12.0 Å². The highest BCUT2D eigenvalue weighted by Crippen LogP contribution is 2.10. The molecule has 0 spiro atoms. The molecular weight excluding hydrogens is 184 g/mol. The molecular formula is C9H10N2O3. The van der Waals surface area contributed by atoms with Crippen molar-refractivity contribution in [3.63, 3.8) is 0 Å². The summed E-state index contributed by atoms with van der Waals surface area (Å²) in [6, 6.07) is 3.17. The third-order valence-corrected chi connectivity index (χ3v) is 1.59. The average Bonchev–Trinajstić information content (AvgIpc) is 2.21. The van der Waals surface area contributed by atoms with Crippen molar-refractivity contribution in [3.8, 4) is 0 Å². The summed E-state index contributed by atoms with van der Waals surface area (Å²) in [4.78, 5) is 21.9. The number of carbonyl (C=O) groups excluding carboxylic acids is 2. The zero-order valence-electron chi connectivity index (χ0n) is 7.71. The van der Waals surface area contributed by atoms with Crippen LogP contribution in [-0.2, 0) is 14.3 Å². The maximum atomic E-state index is 11.3. The van der Waals surface area contributed by atoms with Crippen LogP contribution in [0.4, 0.5) is 0 Å². The largest absolute Gasteiger partial charge is 0.465 e. The van der Waals surface area contributed by atoms with E-state index in [1.54, 1.807) is 19.1 Å². The third-order valence-electron chi connectivity index (χ3n) is 1.59. The molecule has 1 rings (SSSR count). The lowest BCUT2D eigenvalue weighted by Crippen LogP contribution is -2.18. The molecule has 0 N–H and O–H groups in total. The Labute approximate surface area is 81.1 Å². The Morgan fingerprint density at radius 2 is 2.50 bits per heavy atom. The Kier molecular flexibility index (Phi) is 3.72. The van der Waals surface area contributed by atoms with E-state index in [-0.39, 0.29) is 6.61 Å². The van der Waals surface area contributed by atoms with Gasteiger partial charge in [-0.25, -0.2) is 0 Å². The number of hydrogen-bond acceptors (Lipinski definition) is 5. The van der Waals surface area contributed by atoms with Gasteiger partial charge in [0.2, 0.25) is 0 Å². The molecule has 1 aromatic rings. The van der Waals surface area contributed by atoms with Gasteiger partial charge in [-0.15, -0.1) is 0 Å². The molecule has 0 saturated heterocycles. The molecule has 14 heavy (non-hydrogen) atoms. The van der Waals surface area contributed by atoms with Crippen molar-refractivity contribution in [1.29, 1.82) is 0 Å². The second kappa shape index (κ2) is 5.06. The minimum Gasteiger partial charge on any atom is -0.465 e. The summed E-state index contributed by atoms with van der Waals surface area (Å²) >= 11 is 0. The fraction of sp³-hybridized carbons (Fsp3) is 0.333. The van der Waals surface area contributed by atoms with Gasteiger partial charge in [-0.3, -0.25) is 4.79 Å². The summed E-state index contributed by atoms with van der Waals surface area (Å²) in [6.07, 6.45) is 1.97. The maximum absolute atomic E-state index is 11.3. The van der Waals surface area contributed by atoms with E-state index >= 15 is 0 Å². The fourth-order valence-corrected chi connectivity index (χ4v) is 0.957. The lowest BCUT2D eigenvalue weighted by molar-refractivity contribution is -0.146. The van der Waals surface area contributed by atoms with Crippen molar-refractivity contribution in [2.24, 2.45) is 0 Å². The Hall–Kier alpha value is -1.78. The maximum Gasteiger partial charge on any atom is 0.322 e. The number of nitrogens with zero attached hydrogens (tertiary/aromatic N) is 2. The number of rotatable bonds is 4. The average molecular weight is 194 g/mol. The molecule has 1 atom stereocenters. The van der Waals surface area contributed by atoms with E-state index in [9.17, 15) is 9.59 Å². The zero-order valence-corrected chi connectivity index (χ0v) is 7.71. The number of ether oxygens (including phenoxy) is 1. The smallest absolute Gasteiger partial charge is 0.322 e. The van der Waals surface area contributed by atoms with Gasteiger partial charge in [-0.1, -0.05) is 0 Å². The van der Waals surface area contributed by atoms with Crippen LogP contribution < -0.4 is 0 Å². The predicted molar refractivity (Wildman–Crippen MR) is 47.5 cm³/mol. The molecule has 0 aromatic carbocycles. The van der Waals surface area contributed by atoms with E-state index in [0.717, 1.165) is 0 Å². The van der Waals surface area contributed by atoms with E-state index < -0.39 is 11.9 Å². The summed E-state index contributed by atoms with van der Waals surface area (Å²) in [5, 5.41) is 7.25. The molecule has 0 saturated carbocycles. The lowest BCUT2D eigenvalue weighted by Gasteiger charge is -2.07. The van der Waals surface area contributed by atoms with Crippen molar-refractivity contribution in [3.05, 3.63) is 24.0 Å². The summed E-state index contributed by atoms with van der Waals surface area (Å²) in [6.45, 7) is 1.92. The highest BCUT2D eigenvalue weighted by Gasteiger charge is 2.22. The molecule has 5 heteroatoms. The van der Waals surface area contributed by atoms with Crippen molar-refractivity contribution < 1.29 is 14.3 Å². The number of carbonyl (C=O) groups is 2. The van der Waals surface area contributed by atoms with Crippen LogP contribution in [-0.4, -0.2) is 29.1 Å². The number of aldehydes is 1. The molecule has 1 heterocycles. The van der Waals surface area contributed by atoms with Crippen LogP contribution in [0.15, 0.2) is 18.3 Å². The quantitative estimate of drug-likeness (QED) is 0.392. The van der Waals surface area contributed by atoms with Gasteiger partial charge in [0.15, 0.2) is 5.92 Å². The van der Waals surface area contributed by atoms with Crippen LogP contribution in [0.25, 0.3) is 0 Å². The Morgan fingerprint density at radius 3 is 3.00 bits per heavy atom. The first kappa shape index (κ1) is 10.3. The molecule has 0 bridgehead atoms. The van der Waals surface area contributed by atoms with Gasteiger partial charge in [-0.2, -0.15) is 10.2 Å². The van der Waals surface area contributed by atoms with Gasteiger partial charge in [0.1, 0.15) is 6.29 Å². The van der Waals surface area contributed by atoms with E-state index in [2.05, 4.69) is 10.2 Å². The molecule has 0 radical (unpaired) electrons. The molecule has 5 nitrogen and oxygen atoms in total. The van der Waals surface area contributed by atoms with E-state index in [4.69, 9.17) is 4.74 Å². The van der Waals surface area contributed by atoms with Crippen LogP contribution in [0, 0.1) is 0 Å². The second-order valence-electron chi connectivity index (χ2n) is 2.51. The topological polar surface area (TPSA) is 69.2 Å². The molecule has 1 aromatic heterocycles. The Bertz CT molecular complexity index is 313. The van der Waals surface area contributed by atoms with E-state index in [1.165, 1.54) is 6.20 Å². The fourth-order valence-electron chi connectivity index (χ4n) is 0.957. The molecule has 1 unspecified atom stereocenters. The molecule has 0 aliphatic heterocycles. The van der Waals surface area contributed by atoms with Gasteiger partial charge in [0, 0.05) is 6.20 Å². The minimum atomic E-state index is -0.969. The molecule has 74 valence electrons. The van der Waals surface area contributed by atoms with Gasteiger partial charge in [-0.05, 0) is 19.1 Å². The Balaban J connectivity index is 2.82. The molecule has 0 fully saturated rings. The molecule has 0 aliphatic rings. The monoisotopic (exact) mass is 194 g/mol. The summed E-state index contributed by atoms with van der Waals surface area (Å²) in [7, 11) is 0. The first-order valence-corrected chi connectivity index (χ1v) is 4.19. The van der Waals surface area contributed by atoms with Gasteiger partial charge in [0.25, 0.3) is 0 Å². The summed E-state index contributed by atoms with van der Waals surface area (Å²) in [5.74, 6) is -1.56. The highest BCUT2D eigenvalue weighted by molar-refractivity contribution is 5.93. The first-order valence-electron chi connectivity index (χ1n) is 4.19. The van der Waals surface area contributed by atoms with Gasteiger partial charge < -0.3 is 9.53 Å². The standard InChI is InChI=1S/C9H10N2O3/c1-2-14-9(13)7(6-12)8-4-3-5-10-11-8/h3-7H,2H2,1H3. The van der Waals surface area contributed by atoms with Crippen LogP contribution in [0.2, 0.25) is 0 Å². The van der Waals surface area contributed by atoms with Gasteiger partial charge in [0.05, 0.1) is 12.3 Å². The Morgan fingerprint density at radius 1 is 1.71 bits per heavy atom. The molecule has 0 aliphatic carbocycles. The highest BCUT2D eigenvalue weighted by atomic mass is 16.5. The van der Waals surface area contributed by atoms with Crippen molar-refractivity contribution in [2.45, 2.75) is 12.8 Å². The first-order chi connectivity index (χ1) is 6.79. The SMILES string of the molecule is CCOC(=O)C(C=O)c1cccnn1. The van der Waals surface area contributed by atoms with Crippen molar-refractivity contribution in [2.75, 3.05) is 6.61 Å². The van der Waals surface area contributed by atoms with Crippen LogP contribution >= 0.6 is 0 Å². The lowest BCUT2D eigenvalue weighted by atomic mass is 10.1. The van der Waals surface area contributed by atoms with Crippen molar-refractivity contribution >= 4 is 12.3 Å². The number of hydrogen-bond donors (Lipinski definition) is 0. The normalized spacial score (nSPS) is 11.8. The zero-order chi connectivity index (χ0) is 10.4. The number of aromatic nitrogens is 2. The minimum absolute atomic E-state index is 0.240. The van der Waals surface area contributed by atoms with Crippen LogP contribution in [0.5, 0.6) is 0 Å². The number of esters is 1. The summed E-state index contributed by atoms with van der Waals surface area (Å²) in [5.41, 5.74) is 0.306. The van der Waals surface area contributed by atoms with Crippen LogP contribution in [0.3, 0.4) is 0 Å². The predicted octanol–water partition coefficient (Wildman–Crippen LogP) is 0.322. The van der Waals surface area contributed by atoms with Gasteiger partial charge >= 0.3 is 5.97 Å². The summed E-state index contributed by atoms with van der Waals surface area (Å²) < 4.78 is 4.71. The second-order valence-corrected chi connectivity index (χ2v) is 2.51. The van der Waals surface area contributed by atoms with E-state index in [1.807, 2.05) is 0 Å². The third kappa shape index (κ3) is 2.35. The van der Waals surface area contributed by atoms with Crippen LogP contribution in [0.1, 0.15) is 18.5 Å².